The summed E-state index contributed by atoms with van der Waals surface area (Å²) < 4.78 is 0. The Hall–Kier alpha value is -1.06. The average Bonchev–Trinajstić information content (AvgIpc) is 2.74. The van der Waals surface area contributed by atoms with Gasteiger partial charge in [-0.05, 0) is 105 Å². The summed E-state index contributed by atoms with van der Waals surface area (Å²) in [7, 11) is 0. The van der Waals surface area contributed by atoms with Crippen molar-refractivity contribution < 1.29 is 4.79 Å². The molecule has 6 rings (SSSR count). The summed E-state index contributed by atoms with van der Waals surface area (Å²) in [5.41, 5.74) is 7.51. The van der Waals surface area contributed by atoms with Crippen molar-refractivity contribution in [3.8, 4) is 0 Å². The molecule has 4 bridgehead atoms. The Bertz CT molecular complexity index is 776. The molecule has 4 atom stereocenters. The van der Waals surface area contributed by atoms with Gasteiger partial charge in [0.15, 0.2) is 0 Å². The molecule has 0 saturated heterocycles. The second-order valence-electron chi connectivity index (χ2n) is 11.3. The maximum Gasteiger partial charge on any atom is 0.226 e. The van der Waals surface area contributed by atoms with Crippen LogP contribution < -0.4 is 11.1 Å². The number of alkyl halides is 1. The molecule has 0 aliphatic heterocycles. The lowest BCUT2D eigenvalue weighted by atomic mass is 9.38. The van der Waals surface area contributed by atoms with E-state index in [4.69, 9.17) is 17.3 Å². The van der Waals surface area contributed by atoms with Gasteiger partial charge in [0.1, 0.15) is 0 Å². The van der Waals surface area contributed by atoms with E-state index in [2.05, 4.69) is 35.6 Å². The van der Waals surface area contributed by atoms with Gasteiger partial charge in [0.2, 0.25) is 5.91 Å². The summed E-state index contributed by atoms with van der Waals surface area (Å²) in [6.45, 7) is 0.785. The summed E-state index contributed by atoms with van der Waals surface area (Å²) in [4.78, 5) is 13.9. The third-order valence-corrected chi connectivity index (χ3v) is 9.38. The van der Waals surface area contributed by atoms with E-state index >= 15 is 0 Å². The van der Waals surface area contributed by atoms with E-state index in [1.807, 2.05) is 0 Å². The fourth-order valence-corrected chi connectivity index (χ4v) is 8.77. The molecule has 5 fully saturated rings. The van der Waals surface area contributed by atoms with Crippen LogP contribution in [0.1, 0.15) is 76.2 Å². The van der Waals surface area contributed by atoms with Gasteiger partial charge in [-0.3, -0.25) is 4.79 Å². The highest BCUT2D eigenvalue weighted by Crippen LogP contribution is 2.71. The van der Waals surface area contributed by atoms with Gasteiger partial charge in [0.25, 0.3) is 0 Å². The summed E-state index contributed by atoms with van der Waals surface area (Å²) >= 11 is 6.33. The monoisotopic (exact) mass is 428 g/mol. The van der Waals surface area contributed by atoms with Crippen LogP contribution in [0.5, 0.6) is 0 Å². The number of halogens is 1. The smallest absolute Gasteiger partial charge is 0.226 e. The predicted molar refractivity (Wildman–Crippen MR) is 122 cm³/mol. The van der Waals surface area contributed by atoms with Crippen LogP contribution in [0.2, 0.25) is 0 Å². The van der Waals surface area contributed by atoms with Crippen molar-refractivity contribution in [1.29, 1.82) is 0 Å². The van der Waals surface area contributed by atoms with Gasteiger partial charge in [0.05, 0.1) is 5.41 Å². The van der Waals surface area contributed by atoms with Crippen LogP contribution in [0, 0.1) is 22.7 Å². The lowest BCUT2D eigenvalue weighted by Gasteiger charge is -2.66. The van der Waals surface area contributed by atoms with E-state index in [0.29, 0.717) is 29.7 Å². The maximum atomic E-state index is 13.9. The third kappa shape index (κ3) is 3.50. The molecule has 0 aromatic heterocycles. The lowest BCUT2D eigenvalue weighted by Crippen LogP contribution is -2.63. The van der Waals surface area contributed by atoms with E-state index < -0.39 is 0 Å². The molecule has 164 valence electrons. The second-order valence-corrected chi connectivity index (χ2v) is 11.7. The molecule has 1 aromatic carbocycles. The van der Waals surface area contributed by atoms with Crippen molar-refractivity contribution >= 4 is 17.5 Å². The minimum absolute atomic E-state index is 0.154. The quantitative estimate of drug-likeness (QED) is 0.615. The van der Waals surface area contributed by atoms with Crippen LogP contribution in [0.25, 0.3) is 0 Å². The molecule has 1 aromatic rings. The number of carbonyl (C=O) groups excluding carboxylic acids is 1. The zero-order valence-electron chi connectivity index (χ0n) is 18.2. The lowest BCUT2D eigenvalue weighted by molar-refractivity contribution is -0.164. The van der Waals surface area contributed by atoms with Gasteiger partial charge in [-0.25, -0.2) is 0 Å². The summed E-state index contributed by atoms with van der Waals surface area (Å²) in [5, 5.41) is 3.54. The molecule has 0 radical (unpaired) electrons. The van der Waals surface area contributed by atoms with Gasteiger partial charge in [-0.1, -0.05) is 30.3 Å². The first kappa shape index (κ1) is 20.8. The van der Waals surface area contributed by atoms with Crippen molar-refractivity contribution in [2.75, 3.05) is 12.4 Å². The van der Waals surface area contributed by atoms with Crippen molar-refractivity contribution in [3.63, 3.8) is 0 Å². The van der Waals surface area contributed by atoms with Crippen LogP contribution in [0.3, 0.4) is 0 Å². The Morgan fingerprint density at radius 2 is 1.80 bits per heavy atom. The molecule has 3 nitrogen and oxygen atoms in total. The first-order valence-electron chi connectivity index (χ1n) is 12.1. The van der Waals surface area contributed by atoms with Crippen molar-refractivity contribution in [1.82, 2.24) is 5.32 Å². The molecule has 5 aliphatic rings. The molecular weight excluding hydrogens is 392 g/mol. The third-order valence-electron chi connectivity index (χ3n) is 9.19. The standard InChI is InChI=1S/C26H37ClN2O/c27-11-10-24-12-20-13-25(16-24,21-4-2-1-3-5-21)18-26(14-20,17-24)23(30)29-22-8-6-19(15-28)7-9-22/h1-5,19-20,22H,6-18,28H2,(H,29,30)/t19-,20?,22+,24-,25-,26?/m1/s1. The molecule has 4 heteroatoms. The molecule has 30 heavy (non-hydrogen) atoms. The predicted octanol–water partition coefficient (Wildman–Crippen LogP) is 5.16. The molecule has 5 aliphatic carbocycles. The van der Waals surface area contributed by atoms with Gasteiger partial charge in [0, 0.05) is 11.9 Å². The highest BCUT2D eigenvalue weighted by atomic mass is 35.5. The first-order chi connectivity index (χ1) is 14.5. The van der Waals surface area contributed by atoms with Gasteiger partial charge < -0.3 is 11.1 Å². The zero-order valence-corrected chi connectivity index (χ0v) is 18.9. The van der Waals surface area contributed by atoms with E-state index in [1.165, 1.54) is 24.8 Å². The Kier molecular flexibility index (Phi) is 5.42. The number of benzene rings is 1. The zero-order chi connectivity index (χ0) is 20.8. The van der Waals surface area contributed by atoms with E-state index in [0.717, 1.165) is 57.9 Å². The Balaban J connectivity index is 1.42. The van der Waals surface area contributed by atoms with Gasteiger partial charge >= 0.3 is 0 Å². The molecule has 3 N–H and O–H groups in total. The van der Waals surface area contributed by atoms with Crippen molar-refractivity contribution in [2.24, 2.45) is 28.4 Å². The van der Waals surface area contributed by atoms with E-state index in [9.17, 15) is 4.79 Å². The summed E-state index contributed by atoms with van der Waals surface area (Å²) in [6.07, 6.45) is 12.4. The number of nitrogens with two attached hydrogens (primary N) is 1. The molecule has 0 heterocycles. The number of hydrogen-bond acceptors (Lipinski definition) is 2. The summed E-state index contributed by atoms with van der Waals surface area (Å²) in [5.74, 6) is 2.36. The molecule has 5 saturated carbocycles. The van der Waals surface area contributed by atoms with E-state index in [-0.39, 0.29) is 16.2 Å². The van der Waals surface area contributed by atoms with Crippen LogP contribution >= 0.6 is 11.6 Å². The Labute approximate surface area is 186 Å². The van der Waals surface area contributed by atoms with Crippen LogP contribution in [0.15, 0.2) is 30.3 Å². The Morgan fingerprint density at radius 1 is 1.03 bits per heavy atom. The second kappa shape index (κ2) is 7.81. The normalized spacial score (nSPS) is 42.3. The van der Waals surface area contributed by atoms with Crippen molar-refractivity contribution in [3.05, 3.63) is 35.9 Å². The molecule has 0 spiro atoms. The minimum atomic E-state index is -0.202. The van der Waals surface area contributed by atoms with Gasteiger partial charge in [-0.15, -0.1) is 11.6 Å². The molecular formula is C26H37ClN2O. The fourth-order valence-electron chi connectivity index (χ4n) is 8.37. The number of amides is 1. The number of nitrogens with one attached hydrogen (secondary N) is 1. The molecule has 2 unspecified atom stereocenters. The number of rotatable bonds is 6. The number of hydrogen-bond donors (Lipinski definition) is 2. The van der Waals surface area contributed by atoms with Crippen molar-refractivity contribution in [2.45, 2.75) is 82.1 Å². The fraction of sp³-hybridized carbons (Fsp3) is 0.731. The van der Waals surface area contributed by atoms with Crippen LogP contribution in [0.4, 0.5) is 0 Å². The SMILES string of the molecule is NC[C@H]1CC[C@@H](NC(=O)C23CC4C[C@@](CCCl)(C2)C[C@](c2ccccc2)(C4)C3)CC1. The van der Waals surface area contributed by atoms with E-state index in [1.54, 1.807) is 0 Å². The van der Waals surface area contributed by atoms with Crippen LogP contribution in [-0.2, 0) is 10.2 Å². The minimum Gasteiger partial charge on any atom is -0.353 e. The maximum absolute atomic E-state index is 13.9. The van der Waals surface area contributed by atoms with Gasteiger partial charge in [-0.2, -0.15) is 0 Å². The Morgan fingerprint density at radius 3 is 2.50 bits per heavy atom. The number of carbonyl (C=O) groups is 1. The largest absolute Gasteiger partial charge is 0.353 e. The molecule has 1 amide bonds. The average molecular weight is 429 g/mol. The highest BCUT2D eigenvalue weighted by Gasteiger charge is 2.65. The van der Waals surface area contributed by atoms with Crippen LogP contribution in [-0.4, -0.2) is 24.4 Å². The topological polar surface area (TPSA) is 55.1 Å². The first-order valence-corrected chi connectivity index (χ1v) is 12.7. The summed E-state index contributed by atoms with van der Waals surface area (Å²) in [6, 6.07) is 11.4. The highest BCUT2D eigenvalue weighted by molar-refractivity contribution is 6.17.